The minimum Gasteiger partial charge on any atom is -0.457 e. The highest BCUT2D eigenvalue weighted by Gasteiger charge is 2.09. The van der Waals surface area contributed by atoms with E-state index in [1.54, 1.807) is 28.9 Å². The number of hydrogen-bond donors (Lipinski definition) is 1. The highest BCUT2D eigenvalue weighted by Crippen LogP contribution is 2.23. The van der Waals surface area contributed by atoms with E-state index in [1.165, 1.54) is 11.8 Å². The maximum absolute atomic E-state index is 12.5. The second-order valence-corrected chi connectivity index (χ2v) is 7.29. The molecule has 3 aromatic carbocycles. The van der Waals surface area contributed by atoms with E-state index in [9.17, 15) is 4.79 Å². The maximum atomic E-state index is 12.5. The summed E-state index contributed by atoms with van der Waals surface area (Å²) in [7, 11) is 0. The number of carbonyl (C=O) groups is 1. The van der Waals surface area contributed by atoms with E-state index < -0.39 is 0 Å². The molecule has 0 aliphatic carbocycles. The number of tetrazole rings is 1. The van der Waals surface area contributed by atoms with Gasteiger partial charge < -0.3 is 10.1 Å². The number of thioether (sulfide) groups is 1. The number of benzene rings is 3. The van der Waals surface area contributed by atoms with Crippen LogP contribution in [0.4, 0.5) is 5.69 Å². The Morgan fingerprint density at radius 3 is 2.47 bits per heavy atom. The maximum Gasteiger partial charge on any atom is 0.255 e. The molecule has 0 fully saturated rings. The van der Waals surface area contributed by atoms with E-state index in [4.69, 9.17) is 4.74 Å². The fourth-order valence-electron chi connectivity index (χ4n) is 2.85. The molecule has 1 aromatic heterocycles. The van der Waals surface area contributed by atoms with Gasteiger partial charge in [-0.3, -0.25) is 4.79 Å². The molecule has 1 heterocycles. The van der Waals surface area contributed by atoms with Crippen molar-refractivity contribution in [3.63, 3.8) is 0 Å². The molecule has 0 aliphatic rings. The Bertz CT molecular complexity index is 1160. The van der Waals surface area contributed by atoms with Crippen molar-refractivity contribution in [1.29, 1.82) is 0 Å². The number of ether oxygens (including phenoxy) is 1. The number of carbonyl (C=O) groups excluding carboxylic acids is 1. The van der Waals surface area contributed by atoms with Gasteiger partial charge in [0, 0.05) is 11.3 Å². The lowest BCUT2D eigenvalue weighted by molar-refractivity contribution is 0.102. The molecular weight excluding hydrogens is 398 g/mol. The Labute approximate surface area is 178 Å². The van der Waals surface area contributed by atoms with Crippen molar-refractivity contribution in [1.82, 2.24) is 20.2 Å². The first kappa shape index (κ1) is 19.7. The summed E-state index contributed by atoms with van der Waals surface area (Å²) in [5, 5.41) is 15.2. The highest BCUT2D eigenvalue weighted by atomic mass is 32.2. The number of amides is 1. The van der Waals surface area contributed by atoms with Crippen molar-refractivity contribution < 1.29 is 9.53 Å². The standard InChI is InChI=1S/C22H19N5O2S/c1-15-4-3-5-20(14-15)29-19-12-6-16(7-13-19)21(28)23-17-8-10-18(11-9-17)27-22(30-2)24-25-26-27/h3-14H,1-2H3,(H,23,28). The van der Waals surface area contributed by atoms with Crippen molar-refractivity contribution in [2.75, 3.05) is 11.6 Å². The molecule has 7 nitrogen and oxygen atoms in total. The first-order valence-electron chi connectivity index (χ1n) is 9.21. The lowest BCUT2D eigenvalue weighted by Gasteiger charge is -2.09. The molecular formula is C22H19N5O2S. The average molecular weight is 417 g/mol. The van der Waals surface area contributed by atoms with Gasteiger partial charge in [0.25, 0.3) is 5.91 Å². The molecule has 0 spiro atoms. The van der Waals surface area contributed by atoms with Crippen LogP contribution < -0.4 is 10.1 Å². The smallest absolute Gasteiger partial charge is 0.255 e. The number of hydrogen-bond acceptors (Lipinski definition) is 6. The Morgan fingerprint density at radius 2 is 1.77 bits per heavy atom. The SMILES string of the molecule is CSc1nnnn1-c1ccc(NC(=O)c2ccc(Oc3cccc(C)c3)cc2)cc1. The summed E-state index contributed by atoms with van der Waals surface area (Å²) in [6.07, 6.45) is 1.91. The first-order chi connectivity index (χ1) is 14.6. The Balaban J connectivity index is 1.41. The summed E-state index contributed by atoms with van der Waals surface area (Å²) in [6, 6.07) is 22.2. The molecule has 0 saturated heterocycles. The van der Waals surface area contributed by atoms with Crippen molar-refractivity contribution in [3.8, 4) is 17.2 Å². The number of aryl methyl sites for hydroxylation is 1. The zero-order valence-corrected chi connectivity index (χ0v) is 17.3. The van der Waals surface area contributed by atoms with Gasteiger partial charge in [0.2, 0.25) is 5.16 Å². The lowest BCUT2D eigenvalue weighted by Crippen LogP contribution is -2.11. The molecule has 0 bridgehead atoms. The number of rotatable bonds is 6. The molecule has 30 heavy (non-hydrogen) atoms. The lowest BCUT2D eigenvalue weighted by atomic mass is 10.2. The van der Waals surface area contributed by atoms with Gasteiger partial charge in [0.1, 0.15) is 11.5 Å². The van der Waals surface area contributed by atoms with Crippen LogP contribution in [-0.4, -0.2) is 32.4 Å². The van der Waals surface area contributed by atoms with E-state index in [0.717, 1.165) is 17.0 Å². The molecule has 0 radical (unpaired) electrons. The number of aromatic nitrogens is 4. The third-order valence-electron chi connectivity index (χ3n) is 4.33. The quantitative estimate of drug-likeness (QED) is 0.457. The summed E-state index contributed by atoms with van der Waals surface area (Å²) in [4.78, 5) is 12.5. The summed E-state index contributed by atoms with van der Waals surface area (Å²) >= 11 is 1.46. The second-order valence-electron chi connectivity index (χ2n) is 6.52. The van der Waals surface area contributed by atoms with E-state index in [0.29, 0.717) is 22.2 Å². The summed E-state index contributed by atoms with van der Waals surface area (Å²) in [6.45, 7) is 2.01. The molecule has 1 amide bonds. The van der Waals surface area contributed by atoms with Crippen molar-refractivity contribution in [2.24, 2.45) is 0 Å². The highest BCUT2D eigenvalue weighted by molar-refractivity contribution is 7.98. The molecule has 0 atom stereocenters. The predicted molar refractivity (Wildman–Crippen MR) is 117 cm³/mol. The van der Waals surface area contributed by atoms with E-state index >= 15 is 0 Å². The van der Waals surface area contributed by atoms with E-state index in [1.807, 2.05) is 61.7 Å². The van der Waals surface area contributed by atoms with Crippen molar-refractivity contribution in [3.05, 3.63) is 83.9 Å². The molecule has 1 N–H and O–H groups in total. The Kier molecular flexibility index (Phi) is 5.76. The van der Waals surface area contributed by atoms with Crippen LogP contribution in [0.2, 0.25) is 0 Å². The summed E-state index contributed by atoms with van der Waals surface area (Å²) < 4.78 is 7.47. The van der Waals surface area contributed by atoms with Crippen LogP contribution in [0.25, 0.3) is 5.69 Å². The second kappa shape index (κ2) is 8.79. The molecule has 8 heteroatoms. The normalized spacial score (nSPS) is 10.6. The van der Waals surface area contributed by atoms with Gasteiger partial charge in [-0.1, -0.05) is 23.9 Å². The number of nitrogens with zero attached hydrogens (tertiary/aromatic N) is 4. The van der Waals surface area contributed by atoms with Crippen LogP contribution in [0.1, 0.15) is 15.9 Å². The third-order valence-corrected chi connectivity index (χ3v) is 4.95. The zero-order chi connectivity index (χ0) is 20.9. The molecule has 150 valence electrons. The van der Waals surface area contributed by atoms with Gasteiger partial charge in [-0.2, -0.15) is 4.68 Å². The van der Waals surface area contributed by atoms with Gasteiger partial charge in [-0.05, 0) is 89.8 Å². The first-order valence-corrected chi connectivity index (χ1v) is 10.4. The number of anilines is 1. The zero-order valence-electron chi connectivity index (χ0n) is 16.4. The Hall–Kier alpha value is -3.65. The molecule has 0 unspecified atom stereocenters. The van der Waals surface area contributed by atoms with Crippen LogP contribution in [0, 0.1) is 6.92 Å². The summed E-state index contributed by atoms with van der Waals surface area (Å²) in [5.74, 6) is 1.24. The Morgan fingerprint density at radius 1 is 1.00 bits per heavy atom. The summed E-state index contributed by atoms with van der Waals surface area (Å²) in [5.41, 5.74) is 3.17. The fraction of sp³-hybridized carbons (Fsp3) is 0.0909. The van der Waals surface area contributed by atoms with Gasteiger partial charge in [0.15, 0.2) is 0 Å². The number of nitrogens with one attached hydrogen (secondary N) is 1. The van der Waals surface area contributed by atoms with E-state index in [2.05, 4.69) is 20.8 Å². The predicted octanol–water partition coefficient (Wildman–Crippen LogP) is 4.74. The van der Waals surface area contributed by atoms with Crippen LogP contribution in [0.5, 0.6) is 11.5 Å². The minimum atomic E-state index is -0.197. The van der Waals surface area contributed by atoms with E-state index in [-0.39, 0.29) is 5.91 Å². The minimum absolute atomic E-state index is 0.197. The molecule has 4 rings (SSSR count). The van der Waals surface area contributed by atoms with Gasteiger partial charge in [-0.25, -0.2) is 0 Å². The molecule has 0 saturated carbocycles. The largest absolute Gasteiger partial charge is 0.457 e. The van der Waals surface area contributed by atoms with Gasteiger partial charge in [-0.15, -0.1) is 5.10 Å². The topological polar surface area (TPSA) is 81.9 Å². The van der Waals surface area contributed by atoms with Gasteiger partial charge in [0.05, 0.1) is 5.69 Å². The van der Waals surface area contributed by atoms with Gasteiger partial charge >= 0.3 is 0 Å². The van der Waals surface area contributed by atoms with Crippen LogP contribution >= 0.6 is 11.8 Å². The van der Waals surface area contributed by atoms with Crippen LogP contribution in [0.15, 0.2) is 78.0 Å². The third kappa shape index (κ3) is 4.49. The fourth-order valence-corrected chi connectivity index (χ4v) is 3.28. The van der Waals surface area contributed by atoms with Crippen LogP contribution in [0.3, 0.4) is 0 Å². The van der Waals surface area contributed by atoms with Crippen molar-refractivity contribution in [2.45, 2.75) is 12.1 Å². The molecule has 0 aliphatic heterocycles. The van der Waals surface area contributed by atoms with Crippen LogP contribution in [-0.2, 0) is 0 Å². The monoisotopic (exact) mass is 417 g/mol. The van der Waals surface area contributed by atoms with Crippen molar-refractivity contribution >= 4 is 23.4 Å². The average Bonchev–Trinajstić information content (AvgIpc) is 3.24. The molecule has 4 aromatic rings.